The van der Waals surface area contributed by atoms with Crippen molar-refractivity contribution < 1.29 is 13.6 Å². The molecule has 5 heteroatoms. The molecule has 2 aromatic rings. The van der Waals surface area contributed by atoms with E-state index in [2.05, 4.69) is 10.3 Å². The molecule has 0 radical (unpaired) electrons. The number of carbonyl (C=O) groups is 1. The maximum absolute atomic E-state index is 13.8. The van der Waals surface area contributed by atoms with E-state index in [0.717, 1.165) is 11.1 Å². The van der Waals surface area contributed by atoms with E-state index in [-0.39, 0.29) is 11.8 Å². The van der Waals surface area contributed by atoms with Crippen LogP contribution in [0.4, 0.5) is 14.5 Å². The van der Waals surface area contributed by atoms with Gasteiger partial charge in [0.15, 0.2) is 0 Å². The Balaban J connectivity index is 2.03. The molecule has 0 saturated carbocycles. The van der Waals surface area contributed by atoms with Crippen molar-refractivity contribution in [1.29, 1.82) is 0 Å². The number of fused-ring (bicyclic) bond motifs is 1. The number of nitrogens with one attached hydrogen (secondary N) is 1. The van der Waals surface area contributed by atoms with Crippen molar-refractivity contribution in [2.45, 2.75) is 45.0 Å². The molecule has 1 heterocycles. The molecule has 0 aliphatic heterocycles. The average Bonchev–Trinajstić information content (AvgIpc) is 2.83. The highest BCUT2D eigenvalue weighted by Gasteiger charge is 2.50. The molecule has 25 heavy (non-hydrogen) atoms. The molecule has 1 N–H and O–H groups in total. The Bertz CT molecular complexity index is 775. The Morgan fingerprint density at radius 1 is 1.28 bits per heavy atom. The van der Waals surface area contributed by atoms with Crippen molar-refractivity contribution in [3.05, 3.63) is 59.4 Å². The first kappa shape index (κ1) is 17.5. The second kappa shape index (κ2) is 6.54. The molecule has 3 nitrogen and oxygen atoms in total. The predicted molar refractivity (Wildman–Crippen MR) is 94.2 cm³/mol. The van der Waals surface area contributed by atoms with E-state index in [4.69, 9.17) is 0 Å². The van der Waals surface area contributed by atoms with E-state index >= 15 is 0 Å². The molecule has 0 spiro atoms. The Morgan fingerprint density at radius 2 is 2.04 bits per heavy atom. The number of hydrogen-bond donors (Lipinski definition) is 1. The lowest BCUT2D eigenvalue weighted by Gasteiger charge is -2.30. The Labute approximate surface area is 146 Å². The molecular formula is C20H22F2N2O. The standard InChI is InChI=1S/C20H22F2N2O/c1-4-13-16-14(20(2,3)17(13)18(21)22)8-5-9-15(16)24-19(25)12-7-6-10-23-11-12/h5-11,13,17-18H,4H2,1-3H3,(H,24,25)/t13-,17?/m1/s1. The zero-order valence-electron chi connectivity index (χ0n) is 14.6. The maximum Gasteiger partial charge on any atom is 0.257 e. The van der Waals surface area contributed by atoms with Crippen LogP contribution in [0.5, 0.6) is 0 Å². The Kier molecular flexibility index (Phi) is 4.58. The summed E-state index contributed by atoms with van der Waals surface area (Å²) in [5.41, 5.74) is 2.16. The van der Waals surface area contributed by atoms with Gasteiger partial charge in [-0.1, -0.05) is 32.9 Å². The lowest BCUT2D eigenvalue weighted by molar-refractivity contribution is 0.0317. The Hall–Kier alpha value is -2.30. The first-order valence-corrected chi connectivity index (χ1v) is 8.50. The molecule has 1 aliphatic carbocycles. The second-order valence-electron chi connectivity index (χ2n) is 7.06. The van der Waals surface area contributed by atoms with Crippen LogP contribution in [0, 0.1) is 5.92 Å². The number of carbonyl (C=O) groups excluding carboxylic acids is 1. The molecule has 1 aromatic heterocycles. The summed E-state index contributed by atoms with van der Waals surface area (Å²) in [6, 6.07) is 8.88. The van der Waals surface area contributed by atoms with Gasteiger partial charge in [0.25, 0.3) is 5.91 Å². The molecule has 132 valence electrons. The fourth-order valence-corrected chi connectivity index (χ4v) is 4.14. The number of rotatable bonds is 4. The molecular weight excluding hydrogens is 322 g/mol. The first-order chi connectivity index (χ1) is 11.9. The highest BCUT2D eigenvalue weighted by Crippen LogP contribution is 2.56. The molecule has 0 fully saturated rings. The van der Waals surface area contributed by atoms with Gasteiger partial charge in [-0.3, -0.25) is 9.78 Å². The Morgan fingerprint density at radius 3 is 2.64 bits per heavy atom. The van der Waals surface area contributed by atoms with Crippen LogP contribution in [0.3, 0.4) is 0 Å². The lowest BCUT2D eigenvalue weighted by atomic mass is 9.75. The van der Waals surface area contributed by atoms with Crippen LogP contribution in [0.1, 0.15) is 54.6 Å². The number of alkyl halides is 2. The van der Waals surface area contributed by atoms with Crippen LogP contribution in [0.15, 0.2) is 42.7 Å². The minimum atomic E-state index is -2.41. The van der Waals surface area contributed by atoms with Gasteiger partial charge in [-0.05, 0) is 47.1 Å². The third-order valence-corrected chi connectivity index (χ3v) is 5.32. The number of nitrogens with zero attached hydrogens (tertiary/aromatic N) is 1. The van der Waals surface area contributed by atoms with E-state index in [0.29, 0.717) is 17.7 Å². The molecule has 0 bridgehead atoms. The minimum Gasteiger partial charge on any atom is -0.322 e. The third-order valence-electron chi connectivity index (χ3n) is 5.32. The van der Waals surface area contributed by atoms with E-state index in [9.17, 15) is 13.6 Å². The van der Waals surface area contributed by atoms with Crippen molar-refractivity contribution in [1.82, 2.24) is 4.98 Å². The van der Waals surface area contributed by atoms with Gasteiger partial charge in [-0.2, -0.15) is 0 Å². The van der Waals surface area contributed by atoms with Crippen molar-refractivity contribution in [3.8, 4) is 0 Å². The number of aromatic nitrogens is 1. The van der Waals surface area contributed by atoms with Gasteiger partial charge in [0, 0.05) is 24.0 Å². The minimum absolute atomic E-state index is 0.282. The lowest BCUT2D eigenvalue weighted by Crippen LogP contribution is -2.31. The van der Waals surface area contributed by atoms with Gasteiger partial charge in [0.2, 0.25) is 6.43 Å². The smallest absolute Gasteiger partial charge is 0.257 e. The van der Waals surface area contributed by atoms with Gasteiger partial charge in [0.05, 0.1) is 5.56 Å². The summed E-state index contributed by atoms with van der Waals surface area (Å²) in [5, 5.41) is 2.90. The van der Waals surface area contributed by atoms with Crippen LogP contribution in [-0.2, 0) is 5.41 Å². The second-order valence-corrected chi connectivity index (χ2v) is 7.06. The van der Waals surface area contributed by atoms with E-state index in [1.54, 1.807) is 24.4 Å². The zero-order chi connectivity index (χ0) is 18.2. The summed E-state index contributed by atoms with van der Waals surface area (Å²) in [4.78, 5) is 16.4. The highest BCUT2D eigenvalue weighted by molar-refractivity contribution is 6.04. The van der Waals surface area contributed by atoms with Crippen LogP contribution in [0.25, 0.3) is 0 Å². The number of anilines is 1. The molecule has 1 amide bonds. The third kappa shape index (κ3) is 2.92. The van der Waals surface area contributed by atoms with E-state index < -0.39 is 17.8 Å². The summed E-state index contributed by atoms with van der Waals surface area (Å²) in [5.74, 6) is -1.33. The zero-order valence-corrected chi connectivity index (χ0v) is 14.6. The maximum atomic E-state index is 13.8. The first-order valence-electron chi connectivity index (χ1n) is 8.50. The number of benzene rings is 1. The molecule has 1 unspecified atom stereocenters. The predicted octanol–water partition coefficient (Wildman–Crippen LogP) is 5.00. The van der Waals surface area contributed by atoms with Crippen LogP contribution < -0.4 is 5.32 Å². The molecule has 1 aromatic carbocycles. The fourth-order valence-electron chi connectivity index (χ4n) is 4.14. The molecule has 2 atom stereocenters. The van der Waals surface area contributed by atoms with Crippen LogP contribution >= 0.6 is 0 Å². The summed E-state index contributed by atoms with van der Waals surface area (Å²) >= 11 is 0. The van der Waals surface area contributed by atoms with Crippen molar-refractivity contribution in [2.75, 3.05) is 5.32 Å². The van der Waals surface area contributed by atoms with Gasteiger partial charge >= 0.3 is 0 Å². The molecule has 3 rings (SSSR count). The molecule has 0 saturated heterocycles. The fraction of sp³-hybridized carbons (Fsp3) is 0.400. The summed E-state index contributed by atoms with van der Waals surface area (Å²) in [6.07, 6.45) is 1.28. The van der Waals surface area contributed by atoms with Crippen LogP contribution in [0.2, 0.25) is 0 Å². The van der Waals surface area contributed by atoms with Crippen molar-refractivity contribution >= 4 is 11.6 Å². The quantitative estimate of drug-likeness (QED) is 0.848. The van der Waals surface area contributed by atoms with Crippen LogP contribution in [-0.4, -0.2) is 17.3 Å². The van der Waals surface area contributed by atoms with E-state index in [1.807, 2.05) is 32.9 Å². The summed E-state index contributed by atoms with van der Waals surface area (Å²) in [7, 11) is 0. The van der Waals surface area contributed by atoms with Gasteiger partial charge in [-0.15, -0.1) is 0 Å². The number of hydrogen-bond acceptors (Lipinski definition) is 2. The largest absolute Gasteiger partial charge is 0.322 e. The van der Waals surface area contributed by atoms with Crippen molar-refractivity contribution in [2.24, 2.45) is 5.92 Å². The average molecular weight is 344 g/mol. The SMILES string of the molecule is CC[C@@H]1c2c(NC(=O)c3cccnc3)cccc2C(C)(C)C1C(F)F. The van der Waals surface area contributed by atoms with Gasteiger partial charge in [0.1, 0.15) is 0 Å². The number of amides is 1. The van der Waals surface area contributed by atoms with Gasteiger partial charge < -0.3 is 5.32 Å². The van der Waals surface area contributed by atoms with Gasteiger partial charge in [-0.25, -0.2) is 8.78 Å². The number of pyridine rings is 1. The monoisotopic (exact) mass is 344 g/mol. The number of halogens is 2. The summed E-state index contributed by atoms with van der Waals surface area (Å²) < 4.78 is 27.6. The van der Waals surface area contributed by atoms with Crippen molar-refractivity contribution in [3.63, 3.8) is 0 Å². The normalized spacial score (nSPS) is 21.2. The molecule has 1 aliphatic rings. The topological polar surface area (TPSA) is 42.0 Å². The highest BCUT2D eigenvalue weighted by atomic mass is 19.3. The van der Waals surface area contributed by atoms with E-state index in [1.165, 1.54) is 6.20 Å². The summed E-state index contributed by atoms with van der Waals surface area (Å²) in [6.45, 7) is 5.65.